The Labute approximate surface area is 242 Å². The van der Waals surface area contributed by atoms with Crippen LogP contribution in [-0.2, 0) is 19.1 Å². The zero-order valence-electron chi connectivity index (χ0n) is 24.2. The minimum Gasteiger partial charge on any atom is -0.394 e. The summed E-state index contributed by atoms with van der Waals surface area (Å²) in [6, 6.07) is -1.46. The van der Waals surface area contributed by atoms with Crippen LogP contribution >= 0.6 is 15.9 Å². The van der Waals surface area contributed by atoms with Gasteiger partial charge in [0.15, 0.2) is 0 Å². The minimum atomic E-state index is -1.13. The van der Waals surface area contributed by atoms with Crippen molar-refractivity contribution in [1.29, 1.82) is 0 Å². The van der Waals surface area contributed by atoms with Gasteiger partial charge in [-0.15, -0.1) is 13.2 Å². The van der Waals surface area contributed by atoms with Gasteiger partial charge in [0, 0.05) is 31.0 Å². The summed E-state index contributed by atoms with van der Waals surface area (Å²) in [5.74, 6) is -2.09. The van der Waals surface area contributed by atoms with Gasteiger partial charge < -0.3 is 24.5 Å². The van der Waals surface area contributed by atoms with Gasteiger partial charge in [-0.25, -0.2) is 0 Å². The zero-order valence-corrected chi connectivity index (χ0v) is 25.8. The topological polar surface area (TPSA) is 90.4 Å². The fourth-order valence-electron chi connectivity index (χ4n) is 6.90. The molecule has 0 radical (unpaired) electrons. The Morgan fingerprint density at radius 1 is 1.13 bits per heavy atom. The Balaban J connectivity index is 2.12. The molecule has 3 rings (SSSR count). The molecule has 2 bridgehead atoms. The van der Waals surface area contributed by atoms with E-state index in [0.717, 1.165) is 32.1 Å². The average molecular weight is 611 g/mol. The predicted molar refractivity (Wildman–Crippen MR) is 156 cm³/mol. The highest BCUT2D eigenvalue weighted by atomic mass is 79.9. The maximum Gasteiger partial charge on any atom is 0.248 e. The molecule has 1 spiro atoms. The largest absolute Gasteiger partial charge is 0.394 e. The molecule has 8 nitrogen and oxygen atoms in total. The van der Waals surface area contributed by atoms with E-state index < -0.39 is 35.6 Å². The molecule has 0 aromatic heterocycles. The number of carbonyl (C=O) groups excluding carboxylic acids is 3. The minimum absolute atomic E-state index is 0.0408. The Hall–Kier alpha value is -1.71. The number of aliphatic hydroxyl groups is 1. The summed E-state index contributed by atoms with van der Waals surface area (Å²) >= 11 is 3.76. The van der Waals surface area contributed by atoms with Gasteiger partial charge in [-0.3, -0.25) is 14.4 Å². The highest BCUT2D eigenvalue weighted by Gasteiger charge is 2.77. The zero-order chi connectivity index (χ0) is 28.9. The van der Waals surface area contributed by atoms with Crippen LogP contribution in [0.15, 0.2) is 25.3 Å². The number of halogens is 1. The van der Waals surface area contributed by atoms with Crippen molar-refractivity contribution >= 4 is 33.7 Å². The maximum atomic E-state index is 14.5. The Bertz CT molecular complexity index is 915. The van der Waals surface area contributed by atoms with Gasteiger partial charge in [0.2, 0.25) is 17.7 Å². The molecule has 8 atom stereocenters. The van der Waals surface area contributed by atoms with E-state index in [9.17, 15) is 19.5 Å². The molecule has 220 valence electrons. The molecule has 3 unspecified atom stereocenters. The Kier molecular flexibility index (Phi) is 11.2. The van der Waals surface area contributed by atoms with Crippen LogP contribution in [0.4, 0.5) is 0 Å². The third-order valence-corrected chi connectivity index (χ3v) is 9.78. The number of hydrogen-bond acceptors (Lipinski definition) is 5. The number of amides is 3. The highest BCUT2D eigenvalue weighted by Crippen LogP contribution is 2.61. The van der Waals surface area contributed by atoms with E-state index in [2.05, 4.69) is 36.0 Å². The molecule has 3 heterocycles. The van der Waals surface area contributed by atoms with Gasteiger partial charge in [-0.2, -0.15) is 0 Å². The summed E-state index contributed by atoms with van der Waals surface area (Å²) in [7, 11) is 0. The van der Waals surface area contributed by atoms with Crippen LogP contribution in [0.5, 0.6) is 0 Å². The number of carbonyl (C=O) groups is 3. The van der Waals surface area contributed by atoms with Crippen LogP contribution in [0, 0.1) is 17.8 Å². The lowest BCUT2D eigenvalue weighted by molar-refractivity contribution is -0.153. The number of hydrogen-bond donors (Lipinski definition) is 1. The van der Waals surface area contributed by atoms with Gasteiger partial charge >= 0.3 is 0 Å². The van der Waals surface area contributed by atoms with Gasteiger partial charge in [-0.1, -0.05) is 75.0 Å². The summed E-state index contributed by atoms with van der Waals surface area (Å²) in [5, 5.41) is 10.5. The summed E-state index contributed by atoms with van der Waals surface area (Å²) in [4.78, 5) is 47.9. The number of fused-ring (bicyclic) bond motifs is 1. The quantitative estimate of drug-likeness (QED) is 0.163. The van der Waals surface area contributed by atoms with E-state index in [1.165, 1.54) is 0 Å². The number of rotatable bonds is 16. The average Bonchev–Trinajstić information content (AvgIpc) is 3.51. The van der Waals surface area contributed by atoms with Gasteiger partial charge in [0.25, 0.3) is 0 Å². The molecular weight excluding hydrogens is 562 g/mol. The normalized spacial score (nSPS) is 30.7. The third kappa shape index (κ3) is 5.73. The molecule has 39 heavy (non-hydrogen) atoms. The monoisotopic (exact) mass is 609 g/mol. The molecule has 3 fully saturated rings. The molecule has 0 aromatic rings. The lowest BCUT2D eigenvalue weighted by atomic mass is 9.70. The van der Waals surface area contributed by atoms with Crippen molar-refractivity contribution in [3.8, 4) is 0 Å². The van der Waals surface area contributed by atoms with Crippen LogP contribution in [-0.4, -0.2) is 98.9 Å². The summed E-state index contributed by atoms with van der Waals surface area (Å²) in [6.07, 6.45) is 7.74. The third-order valence-electron chi connectivity index (χ3n) is 8.94. The SMILES string of the molecule is C=CCN(CCCCC)C(=O)C1N([C@@H](CO)[C@@H](C)CC)C(=O)[C@@H]2[C@@H](C(=O)N(CC=C)CCC)[C@@H]3OC12CC3Br. The number of alkyl halides is 1. The first-order valence-electron chi connectivity index (χ1n) is 14.7. The molecule has 1 N–H and O–H groups in total. The number of unbranched alkanes of at least 4 members (excludes halogenated alkanes) is 2. The number of aliphatic hydroxyl groups excluding tert-OH is 1. The number of nitrogens with zero attached hydrogens (tertiary/aromatic N) is 3. The molecule has 3 saturated heterocycles. The van der Waals surface area contributed by atoms with E-state index >= 15 is 0 Å². The van der Waals surface area contributed by atoms with E-state index in [0.29, 0.717) is 32.6 Å². The van der Waals surface area contributed by atoms with Crippen molar-refractivity contribution < 1.29 is 24.2 Å². The second kappa shape index (κ2) is 13.8. The Morgan fingerprint density at radius 3 is 2.31 bits per heavy atom. The van der Waals surface area contributed by atoms with Crippen LogP contribution < -0.4 is 0 Å². The van der Waals surface area contributed by atoms with Crippen LogP contribution in [0.25, 0.3) is 0 Å². The Morgan fingerprint density at radius 2 is 1.77 bits per heavy atom. The number of likely N-dealkylation sites (tertiary alicyclic amines) is 1. The second-order valence-corrected chi connectivity index (χ2v) is 12.6. The first-order chi connectivity index (χ1) is 18.7. The van der Waals surface area contributed by atoms with Gasteiger partial charge in [0.1, 0.15) is 11.6 Å². The molecule has 0 aromatic carbocycles. The molecular formula is C30H48BrN3O5. The van der Waals surface area contributed by atoms with E-state index in [1.54, 1.807) is 26.9 Å². The van der Waals surface area contributed by atoms with Crippen LogP contribution in [0.3, 0.4) is 0 Å². The first-order valence-corrected chi connectivity index (χ1v) is 15.6. The molecule has 0 saturated carbocycles. The summed E-state index contributed by atoms with van der Waals surface area (Å²) in [6.45, 7) is 17.4. The van der Waals surface area contributed by atoms with Crippen molar-refractivity contribution in [2.75, 3.05) is 32.8 Å². The molecule has 3 aliphatic heterocycles. The van der Waals surface area contributed by atoms with Crippen LogP contribution in [0.1, 0.15) is 66.2 Å². The lowest BCUT2D eigenvalue weighted by Crippen LogP contribution is -2.60. The summed E-state index contributed by atoms with van der Waals surface area (Å²) in [5.41, 5.74) is -1.13. The van der Waals surface area contributed by atoms with E-state index in [1.807, 2.05) is 20.8 Å². The molecule has 3 amide bonds. The predicted octanol–water partition coefficient (Wildman–Crippen LogP) is 3.77. The molecule has 0 aliphatic carbocycles. The molecule has 9 heteroatoms. The summed E-state index contributed by atoms with van der Waals surface area (Å²) < 4.78 is 6.70. The fourth-order valence-corrected chi connectivity index (χ4v) is 7.84. The van der Waals surface area contributed by atoms with Gasteiger partial charge in [-0.05, 0) is 25.2 Å². The van der Waals surface area contributed by atoms with Crippen molar-refractivity contribution in [1.82, 2.24) is 14.7 Å². The van der Waals surface area contributed by atoms with Crippen molar-refractivity contribution in [3.05, 3.63) is 25.3 Å². The molecule has 3 aliphatic rings. The van der Waals surface area contributed by atoms with Gasteiger partial charge in [0.05, 0.1) is 30.6 Å². The first kappa shape index (κ1) is 31.8. The van der Waals surface area contributed by atoms with E-state index in [4.69, 9.17) is 4.74 Å². The number of ether oxygens (including phenoxy) is 1. The fraction of sp³-hybridized carbons (Fsp3) is 0.767. The van der Waals surface area contributed by atoms with Crippen molar-refractivity contribution in [3.63, 3.8) is 0 Å². The smallest absolute Gasteiger partial charge is 0.248 e. The standard InChI is InChI=1S/C30H48BrN3O5/c1-7-12-13-17-33(16-10-4)29(38)26-30-18-21(31)25(39-30)23(27(36)32(14-8-2)15-9-3)24(30)28(37)34(26)22(19-35)20(6)11-5/h8,10,20-26,35H,2,4,7,9,11-19H2,1,3,5-6H3/t20-,21?,22-,23+,24-,25+,26?,30?/m0/s1. The van der Waals surface area contributed by atoms with Crippen molar-refractivity contribution in [2.24, 2.45) is 17.8 Å². The van der Waals surface area contributed by atoms with Crippen LogP contribution in [0.2, 0.25) is 0 Å². The van der Waals surface area contributed by atoms with Crippen molar-refractivity contribution in [2.45, 2.75) is 94.8 Å². The lowest BCUT2D eigenvalue weighted by Gasteiger charge is -2.41. The highest BCUT2D eigenvalue weighted by molar-refractivity contribution is 9.09. The second-order valence-electron chi connectivity index (χ2n) is 11.4. The maximum absolute atomic E-state index is 14.5. The van der Waals surface area contributed by atoms with E-state index in [-0.39, 0.29) is 35.1 Å².